The minimum Gasteiger partial charge on any atom is -0.496 e. The zero-order chi connectivity index (χ0) is 21.2. The quantitative estimate of drug-likeness (QED) is 0.694. The molecular weight excluding hydrogens is 394 g/mol. The third-order valence-corrected chi connectivity index (χ3v) is 6.16. The van der Waals surface area contributed by atoms with Gasteiger partial charge in [-0.25, -0.2) is 9.78 Å². The number of methoxy groups -OCH3 is 1. The van der Waals surface area contributed by atoms with E-state index in [1.807, 2.05) is 33.7 Å². The minimum atomic E-state index is -0.0479. The molecule has 3 heterocycles. The number of rotatable bonds is 4. The molecular formula is C22H27N7O2. The Hall–Kier alpha value is -3.36. The monoisotopic (exact) mass is 421 g/mol. The Bertz CT molecular complexity index is 1090. The lowest BCUT2D eigenvalue weighted by molar-refractivity contribution is 0.193. The van der Waals surface area contributed by atoms with E-state index in [0.717, 1.165) is 48.8 Å². The second-order valence-electron chi connectivity index (χ2n) is 7.98. The fourth-order valence-corrected chi connectivity index (χ4v) is 4.54. The number of hydrogen-bond donors (Lipinski definition) is 1. The van der Waals surface area contributed by atoms with Crippen molar-refractivity contribution in [3.05, 3.63) is 47.4 Å². The van der Waals surface area contributed by atoms with Gasteiger partial charge >= 0.3 is 6.03 Å². The summed E-state index contributed by atoms with van der Waals surface area (Å²) in [5.74, 6) is 2.55. The number of amides is 2. The van der Waals surface area contributed by atoms with Crippen LogP contribution in [0.15, 0.2) is 30.6 Å². The van der Waals surface area contributed by atoms with Crippen molar-refractivity contribution in [3.8, 4) is 5.75 Å². The summed E-state index contributed by atoms with van der Waals surface area (Å²) < 4.78 is 7.23. The molecule has 0 atom stereocenters. The number of benzene rings is 1. The zero-order valence-electron chi connectivity index (χ0n) is 17.8. The van der Waals surface area contributed by atoms with Crippen molar-refractivity contribution in [2.75, 3.05) is 38.2 Å². The highest BCUT2D eigenvalue weighted by atomic mass is 16.5. The minimum absolute atomic E-state index is 0.0479. The molecule has 0 saturated carbocycles. The van der Waals surface area contributed by atoms with Crippen LogP contribution in [0.3, 0.4) is 0 Å². The van der Waals surface area contributed by atoms with Crippen LogP contribution in [-0.2, 0) is 19.4 Å². The van der Waals surface area contributed by atoms with E-state index in [4.69, 9.17) is 9.72 Å². The first-order valence-electron chi connectivity index (χ1n) is 10.9. The summed E-state index contributed by atoms with van der Waals surface area (Å²) >= 11 is 0. The fraction of sp³-hybridized carbons (Fsp3) is 0.455. The lowest BCUT2D eigenvalue weighted by Gasteiger charge is -2.37. The molecule has 0 radical (unpaired) electrons. The van der Waals surface area contributed by atoms with Gasteiger partial charge in [-0.15, -0.1) is 0 Å². The third kappa shape index (κ3) is 3.75. The van der Waals surface area contributed by atoms with E-state index in [9.17, 15) is 4.79 Å². The summed E-state index contributed by atoms with van der Waals surface area (Å²) in [5, 5.41) is 7.46. The first kappa shape index (κ1) is 19.6. The van der Waals surface area contributed by atoms with Gasteiger partial charge in [-0.2, -0.15) is 14.6 Å². The number of ether oxygens (including phenoxy) is 1. The standard InChI is InChI=1S/C22H27N7O2/c1-31-19-9-5-2-6-16(19)14-23-22(30)28-12-10-27(11-13-28)20-17-7-3-4-8-18(17)26-21-24-15-25-29(20)21/h2,5-6,9,15H,3-4,7-8,10-14H2,1H3,(H,23,30). The molecule has 1 aromatic carbocycles. The molecule has 1 N–H and O–H groups in total. The molecule has 31 heavy (non-hydrogen) atoms. The number of aromatic nitrogens is 4. The largest absolute Gasteiger partial charge is 0.496 e. The molecule has 9 nitrogen and oxygen atoms in total. The van der Waals surface area contributed by atoms with E-state index in [2.05, 4.69) is 20.3 Å². The second kappa shape index (κ2) is 8.41. The summed E-state index contributed by atoms with van der Waals surface area (Å²) in [6.45, 7) is 3.28. The van der Waals surface area contributed by atoms with Crippen LogP contribution in [0.1, 0.15) is 29.7 Å². The number of piperazine rings is 1. The number of urea groups is 1. The number of para-hydroxylation sites is 1. The van der Waals surface area contributed by atoms with Gasteiger partial charge in [0.15, 0.2) is 0 Å². The molecule has 2 aromatic heterocycles. The highest BCUT2D eigenvalue weighted by Crippen LogP contribution is 2.30. The molecule has 5 rings (SSSR count). The van der Waals surface area contributed by atoms with Crippen molar-refractivity contribution in [3.63, 3.8) is 0 Å². The Kier molecular flexibility index (Phi) is 5.31. The van der Waals surface area contributed by atoms with Crippen LogP contribution in [0.25, 0.3) is 5.78 Å². The molecule has 1 fully saturated rings. The van der Waals surface area contributed by atoms with Gasteiger partial charge in [0.25, 0.3) is 5.78 Å². The van der Waals surface area contributed by atoms with Gasteiger partial charge in [0.2, 0.25) is 0 Å². The topological polar surface area (TPSA) is 87.9 Å². The van der Waals surface area contributed by atoms with Gasteiger partial charge in [-0.05, 0) is 31.7 Å². The normalized spacial score (nSPS) is 16.3. The second-order valence-corrected chi connectivity index (χ2v) is 7.98. The van der Waals surface area contributed by atoms with Crippen molar-refractivity contribution in [1.29, 1.82) is 0 Å². The van der Waals surface area contributed by atoms with Gasteiger partial charge in [0.05, 0.1) is 12.8 Å². The van der Waals surface area contributed by atoms with E-state index in [0.29, 0.717) is 25.4 Å². The highest BCUT2D eigenvalue weighted by molar-refractivity contribution is 5.74. The van der Waals surface area contributed by atoms with Crippen LogP contribution < -0.4 is 15.0 Å². The molecule has 1 aliphatic heterocycles. The predicted octanol–water partition coefficient (Wildman–Crippen LogP) is 2.04. The first-order chi connectivity index (χ1) is 15.2. The summed E-state index contributed by atoms with van der Waals surface area (Å²) in [7, 11) is 1.64. The van der Waals surface area contributed by atoms with Gasteiger partial charge in [0.1, 0.15) is 17.9 Å². The van der Waals surface area contributed by atoms with Gasteiger partial charge in [-0.1, -0.05) is 18.2 Å². The lowest BCUT2D eigenvalue weighted by atomic mass is 9.96. The maximum Gasteiger partial charge on any atom is 0.317 e. The van der Waals surface area contributed by atoms with Crippen LogP contribution in [0, 0.1) is 0 Å². The molecule has 0 bridgehead atoms. The zero-order valence-corrected chi connectivity index (χ0v) is 17.8. The molecule has 9 heteroatoms. The van der Waals surface area contributed by atoms with Gasteiger partial charge in [-0.3, -0.25) is 0 Å². The van der Waals surface area contributed by atoms with Gasteiger partial charge in [0, 0.05) is 43.9 Å². The number of anilines is 1. The summed E-state index contributed by atoms with van der Waals surface area (Å²) in [5.41, 5.74) is 3.41. The van der Waals surface area contributed by atoms with Gasteiger partial charge < -0.3 is 19.9 Å². The molecule has 2 amide bonds. The molecule has 0 spiro atoms. The Balaban J connectivity index is 1.27. The van der Waals surface area contributed by atoms with Crippen LogP contribution in [0.5, 0.6) is 5.75 Å². The van der Waals surface area contributed by atoms with Crippen molar-refractivity contribution in [2.45, 2.75) is 32.2 Å². The summed E-state index contributed by atoms with van der Waals surface area (Å²) in [4.78, 5) is 26.0. The molecule has 0 unspecified atom stereocenters. The van der Waals surface area contributed by atoms with Crippen molar-refractivity contribution in [1.82, 2.24) is 29.8 Å². The first-order valence-corrected chi connectivity index (χ1v) is 10.9. The Morgan fingerprint density at radius 1 is 1.13 bits per heavy atom. The van der Waals surface area contributed by atoms with Crippen LogP contribution >= 0.6 is 0 Å². The van der Waals surface area contributed by atoms with Crippen LogP contribution in [0.2, 0.25) is 0 Å². The Morgan fingerprint density at radius 2 is 1.94 bits per heavy atom. The number of hydrogen-bond acceptors (Lipinski definition) is 6. The van der Waals surface area contributed by atoms with Crippen molar-refractivity contribution < 1.29 is 9.53 Å². The average Bonchev–Trinajstić information content (AvgIpc) is 3.29. The van der Waals surface area contributed by atoms with Crippen molar-refractivity contribution in [2.24, 2.45) is 0 Å². The fourth-order valence-electron chi connectivity index (χ4n) is 4.54. The molecule has 1 saturated heterocycles. The van der Waals surface area contributed by atoms with E-state index >= 15 is 0 Å². The van der Waals surface area contributed by atoms with E-state index in [1.54, 1.807) is 13.4 Å². The molecule has 2 aliphatic rings. The number of nitrogens with zero attached hydrogens (tertiary/aromatic N) is 6. The van der Waals surface area contributed by atoms with Crippen LogP contribution in [-0.4, -0.2) is 63.8 Å². The van der Waals surface area contributed by atoms with E-state index < -0.39 is 0 Å². The van der Waals surface area contributed by atoms with E-state index in [-0.39, 0.29) is 6.03 Å². The highest BCUT2D eigenvalue weighted by Gasteiger charge is 2.27. The predicted molar refractivity (Wildman–Crippen MR) is 116 cm³/mol. The number of carbonyl (C=O) groups is 1. The number of fused-ring (bicyclic) bond motifs is 2. The van der Waals surface area contributed by atoms with Crippen molar-refractivity contribution >= 4 is 17.6 Å². The SMILES string of the molecule is COc1ccccc1CNC(=O)N1CCN(c2c3c(nc4ncnn24)CCCC3)CC1. The van der Waals surface area contributed by atoms with Crippen LogP contribution in [0.4, 0.5) is 10.6 Å². The summed E-state index contributed by atoms with van der Waals surface area (Å²) in [6, 6.07) is 7.69. The number of carbonyl (C=O) groups excluding carboxylic acids is 1. The number of nitrogens with one attached hydrogen (secondary N) is 1. The maximum atomic E-state index is 12.7. The Morgan fingerprint density at radius 3 is 2.77 bits per heavy atom. The molecule has 1 aliphatic carbocycles. The average molecular weight is 422 g/mol. The van der Waals surface area contributed by atoms with E-state index in [1.165, 1.54) is 18.4 Å². The molecule has 162 valence electrons. The lowest BCUT2D eigenvalue weighted by Crippen LogP contribution is -2.52. The third-order valence-electron chi connectivity index (χ3n) is 6.16. The smallest absolute Gasteiger partial charge is 0.317 e. The maximum absolute atomic E-state index is 12.7. The molecule has 3 aromatic rings. The summed E-state index contributed by atoms with van der Waals surface area (Å²) in [6.07, 6.45) is 5.93. The Labute approximate surface area is 181 Å². The number of aryl methyl sites for hydroxylation is 1.